The van der Waals surface area contributed by atoms with Gasteiger partial charge in [0.05, 0.1) is 23.3 Å². The fraction of sp³-hybridized carbons (Fsp3) is 0.217. The number of H-pyrrole nitrogens is 1. The number of carbonyl (C=O) groups excluding carboxylic acids is 1. The summed E-state index contributed by atoms with van der Waals surface area (Å²) in [5.41, 5.74) is 3.05. The van der Waals surface area contributed by atoms with Crippen LogP contribution in [0.4, 0.5) is 15.8 Å². The van der Waals surface area contributed by atoms with Gasteiger partial charge in [-0.15, -0.1) is 0 Å². The molecule has 10 heteroatoms. The molecule has 1 aliphatic rings. The predicted octanol–water partition coefficient (Wildman–Crippen LogP) is 3.94. The molecule has 3 aromatic heterocycles. The molecule has 1 amide bonds. The summed E-state index contributed by atoms with van der Waals surface area (Å²) < 4.78 is 14.3. The van der Waals surface area contributed by atoms with E-state index in [1.165, 1.54) is 18.2 Å². The van der Waals surface area contributed by atoms with Crippen LogP contribution in [0, 0.1) is 5.82 Å². The van der Waals surface area contributed by atoms with E-state index in [0.29, 0.717) is 40.8 Å². The van der Waals surface area contributed by atoms with E-state index in [9.17, 15) is 9.18 Å². The Morgan fingerprint density at radius 2 is 1.97 bits per heavy atom. The standard InChI is InChI=1S/C23H21ClFN7O/c1-31-6-8-32(9-7-31)23(33)21-12-17-19(4-5-26-22(17)29-21)28-15-11-20(30-27-13-15)16-10-14(24)2-3-18(16)25/h2-5,10-13H,6-9H2,1H3,(H2,26,28,29,30). The Balaban J connectivity index is 1.43. The molecule has 1 aromatic carbocycles. The fourth-order valence-corrected chi connectivity index (χ4v) is 4.02. The molecule has 8 nitrogen and oxygen atoms in total. The number of nitrogens with zero attached hydrogens (tertiary/aromatic N) is 5. The first-order valence-corrected chi connectivity index (χ1v) is 10.9. The van der Waals surface area contributed by atoms with Gasteiger partial charge in [-0.05, 0) is 43.4 Å². The monoisotopic (exact) mass is 465 g/mol. The van der Waals surface area contributed by atoms with Crippen molar-refractivity contribution in [1.29, 1.82) is 0 Å². The van der Waals surface area contributed by atoms with Crippen molar-refractivity contribution in [2.24, 2.45) is 0 Å². The van der Waals surface area contributed by atoms with E-state index in [-0.39, 0.29) is 11.5 Å². The second-order valence-electron chi connectivity index (χ2n) is 7.98. The van der Waals surface area contributed by atoms with E-state index in [0.717, 1.165) is 24.2 Å². The number of pyridine rings is 1. The van der Waals surface area contributed by atoms with Crippen molar-refractivity contribution in [1.82, 2.24) is 30.0 Å². The number of aromatic nitrogens is 4. The van der Waals surface area contributed by atoms with Gasteiger partial charge in [-0.3, -0.25) is 4.79 Å². The number of anilines is 2. The fourth-order valence-electron chi connectivity index (χ4n) is 3.85. The minimum absolute atomic E-state index is 0.0451. The third-order valence-corrected chi connectivity index (χ3v) is 5.93. The Kier molecular flexibility index (Phi) is 5.65. The molecule has 1 saturated heterocycles. The Bertz CT molecular complexity index is 1330. The van der Waals surface area contributed by atoms with Crippen LogP contribution in [-0.4, -0.2) is 69.1 Å². The van der Waals surface area contributed by atoms with Gasteiger partial charge < -0.3 is 20.1 Å². The number of hydrogen-bond acceptors (Lipinski definition) is 6. The summed E-state index contributed by atoms with van der Waals surface area (Å²) in [7, 11) is 2.05. The van der Waals surface area contributed by atoms with Gasteiger partial charge in [0.15, 0.2) is 0 Å². The largest absolute Gasteiger partial charge is 0.354 e. The maximum Gasteiger partial charge on any atom is 0.270 e. The van der Waals surface area contributed by atoms with E-state index in [4.69, 9.17) is 11.6 Å². The summed E-state index contributed by atoms with van der Waals surface area (Å²) in [5.74, 6) is -0.480. The lowest BCUT2D eigenvalue weighted by Gasteiger charge is -2.32. The van der Waals surface area contributed by atoms with Crippen LogP contribution >= 0.6 is 11.6 Å². The molecule has 0 bridgehead atoms. The van der Waals surface area contributed by atoms with Crippen molar-refractivity contribution in [3.8, 4) is 11.3 Å². The lowest BCUT2D eigenvalue weighted by molar-refractivity contribution is 0.0659. The zero-order valence-electron chi connectivity index (χ0n) is 17.8. The van der Waals surface area contributed by atoms with Crippen LogP contribution in [0.2, 0.25) is 5.02 Å². The molecule has 5 rings (SSSR count). The number of halogens is 2. The molecule has 0 aliphatic carbocycles. The molecular weight excluding hydrogens is 445 g/mol. The molecule has 4 heterocycles. The first kappa shape index (κ1) is 21.3. The number of benzene rings is 1. The van der Waals surface area contributed by atoms with Crippen LogP contribution in [0.3, 0.4) is 0 Å². The maximum absolute atomic E-state index is 14.3. The SMILES string of the molecule is CN1CCN(C(=O)c2cc3c(Nc4cnnc(-c5cc(Cl)ccc5F)c4)ccnc3[nH]2)CC1. The summed E-state index contributed by atoms with van der Waals surface area (Å²) in [4.78, 5) is 24.5. The number of rotatable bonds is 4. The highest BCUT2D eigenvalue weighted by molar-refractivity contribution is 6.30. The first-order valence-electron chi connectivity index (χ1n) is 10.5. The number of aromatic amines is 1. The molecule has 0 saturated carbocycles. The summed E-state index contributed by atoms with van der Waals surface area (Å²) in [6, 6.07) is 9.59. The maximum atomic E-state index is 14.3. The van der Waals surface area contributed by atoms with Crippen LogP contribution in [0.25, 0.3) is 22.3 Å². The highest BCUT2D eigenvalue weighted by Crippen LogP contribution is 2.29. The van der Waals surface area contributed by atoms with Crippen molar-refractivity contribution in [3.05, 3.63) is 65.3 Å². The normalized spacial score (nSPS) is 14.6. The topological polar surface area (TPSA) is 90.0 Å². The van der Waals surface area contributed by atoms with Gasteiger partial charge >= 0.3 is 0 Å². The lowest BCUT2D eigenvalue weighted by atomic mass is 10.1. The van der Waals surface area contributed by atoms with E-state index < -0.39 is 5.82 Å². The van der Waals surface area contributed by atoms with Gasteiger partial charge in [0, 0.05) is 48.3 Å². The van der Waals surface area contributed by atoms with Crippen molar-refractivity contribution >= 4 is 39.9 Å². The molecule has 168 valence electrons. The average Bonchev–Trinajstić information content (AvgIpc) is 3.26. The Hall–Kier alpha value is -3.56. The van der Waals surface area contributed by atoms with Crippen LogP contribution in [-0.2, 0) is 0 Å². The Morgan fingerprint density at radius 3 is 2.79 bits per heavy atom. The van der Waals surface area contributed by atoms with Crippen LogP contribution in [0.5, 0.6) is 0 Å². The second kappa shape index (κ2) is 8.76. The van der Waals surface area contributed by atoms with Crippen molar-refractivity contribution in [2.75, 3.05) is 38.5 Å². The van der Waals surface area contributed by atoms with Gasteiger partial charge in [0.25, 0.3) is 5.91 Å². The molecule has 0 spiro atoms. The molecule has 4 aromatic rings. The van der Waals surface area contributed by atoms with Crippen molar-refractivity contribution in [3.63, 3.8) is 0 Å². The van der Waals surface area contributed by atoms with Gasteiger partial charge in [0.2, 0.25) is 0 Å². The van der Waals surface area contributed by atoms with Crippen LogP contribution < -0.4 is 5.32 Å². The third-order valence-electron chi connectivity index (χ3n) is 5.69. The van der Waals surface area contributed by atoms with E-state index in [1.54, 1.807) is 30.6 Å². The predicted molar refractivity (Wildman–Crippen MR) is 125 cm³/mol. The highest BCUT2D eigenvalue weighted by Gasteiger charge is 2.22. The number of nitrogens with one attached hydrogen (secondary N) is 2. The Morgan fingerprint density at radius 1 is 1.15 bits per heavy atom. The second-order valence-corrected chi connectivity index (χ2v) is 8.41. The van der Waals surface area contributed by atoms with E-state index in [2.05, 4.69) is 30.4 Å². The minimum atomic E-state index is -0.435. The van der Waals surface area contributed by atoms with Gasteiger partial charge in [-0.2, -0.15) is 10.2 Å². The number of fused-ring (bicyclic) bond motifs is 1. The smallest absolute Gasteiger partial charge is 0.270 e. The number of hydrogen-bond donors (Lipinski definition) is 2. The molecule has 1 fully saturated rings. The Labute approximate surface area is 194 Å². The number of carbonyl (C=O) groups is 1. The summed E-state index contributed by atoms with van der Waals surface area (Å²) in [5, 5.41) is 12.5. The van der Waals surface area contributed by atoms with E-state index >= 15 is 0 Å². The van der Waals surface area contributed by atoms with Crippen molar-refractivity contribution < 1.29 is 9.18 Å². The first-order chi connectivity index (χ1) is 16.0. The minimum Gasteiger partial charge on any atom is -0.354 e. The lowest BCUT2D eigenvalue weighted by Crippen LogP contribution is -2.47. The van der Waals surface area contributed by atoms with Gasteiger partial charge in [0.1, 0.15) is 17.2 Å². The van der Waals surface area contributed by atoms with Gasteiger partial charge in [-0.25, -0.2) is 9.37 Å². The quantitative estimate of drug-likeness (QED) is 0.474. The summed E-state index contributed by atoms with van der Waals surface area (Å²) in [6.07, 6.45) is 3.19. The number of likely N-dealkylation sites (N-methyl/N-ethyl adjacent to an activating group) is 1. The molecule has 1 aliphatic heterocycles. The van der Waals surface area contributed by atoms with Crippen molar-refractivity contribution in [2.45, 2.75) is 0 Å². The number of piperazine rings is 1. The highest BCUT2D eigenvalue weighted by atomic mass is 35.5. The van der Waals surface area contributed by atoms with Crippen LogP contribution in [0.15, 0.2) is 48.8 Å². The van der Waals surface area contributed by atoms with Crippen LogP contribution in [0.1, 0.15) is 10.5 Å². The molecular formula is C23H21ClFN7O. The summed E-state index contributed by atoms with van der Waals surface area (Å²) >= 11 is 6.02. The molecule has 0 unspecified atom stereocenters. The zero-order valence-corrected chi connectivity index (χ0v) is 18.6. The third kappa shape index (κ3) is 4.37. The summed E-state index contributed by atoms with van der Waals surface area (Å²) in [6.45, 7) is 3.08. The molecule has 2 N–H and O–H groups in total. The number of amides is 1. The molecule has 33 heavy (non-hydrogen) atoms. The zero-order chi connectivity index (χ0) is 22.9. The molecule has 0 radical (unpaired) electrons. The van der Waals surface area contributed by atoms with Gasteiger partial charge in [-0.1, -0.05) is 11.6 Å². The molecule has 0 atom stereocenters. The van der Waals surface area contributed by atoms with E-state index in [1.807, 2.05) is 11.9 Å². The average molecular weight is 466 g/mol.